The number of hydrogen-bond acceptors (Lipinski definition) is 2. The Hall–Kier alpha value is -8.46. The fraction of sp³-hybridized carbons (Fsp3) is 0.0882. The summed E-state index contributed by atoms with van der Waals surface area (Å²) in [5.41, 5.74) is 21.9. The molecule has 0 bridgehead atoms. The molecule has 0 amide bonds. The van der Waals surface area contributed by atoms with E-state index >= 15 is 0 Å². The summed E-state index contributed by atoms with van der Waals surface area (Å²) in [5.74, 6) is 0. The highest BCUT2D eigenvalue weighted by Gasteiger charge is 2.40. The number of para-hydroxylation sites is 4. The largest absolute Gasteiger partial charge is 0.310 e. The van der Waals surface area contributed by atoms with Gasteiger partial charge in [0, 0.05) is 45.0 Å². The molecule has 2 nitrogen and oxygen atoms in total. The van der Waals surface area contributed by atoms with Gasteiger partial charge in [-0.2, -0.15) is 0 Å². The zero-order valence-corrected chi connectivity index (χ0v) is 40.0. The lowest BCUT2D eigenvalue weighted by molar-refractivity contribution is 0.661. The average Bonchev–Trinajstić information content (AvgIpc) is 3.76. The molecule has 0 spiro atoms. The van der Waals surface area contributed by atoms with E-state index in [-0.39, 0.29) is 10.8 Å². The van der Waals surface area contributed by atoms with Crippen molar-refractivity contribution in [2.45, 2.75) is 38.5 Å². The lowest BCUT2D eigenvalue weighted by atomic mass is 9.78. The SMILES string of the molecule is CC1(C)c2cc(N(c3ccccc3)c3ccccc3)ccc2-c2cc3c(-c4ccccc4)c4cc5c(cc4c(-c4ccccc4)c3cc21)-c1ccc(N(c2ccccc2)c2ccccc2)cc1C5(C)C. The van der Waals surface area contributed by atoms with E-state index in [0.717, 1.165) is 34.1 Å². The second-order valence-electron chi connectivity index (χ2n) is 20.1. The zero-order chi connectivity index (χ0) is 47.1. The quantitative estimate of drug-likeness (QED) is 0.140. The molecule has 0 radical (unpaired) electrons. The normalized spacial score (nSPS) is 13.7. The molecule has 0 saturated carbocycles. The van der Waals surface area contributed by atoms with E-state index in [9.17, 15) is 0 Å². The highest BCUT2D eigenvalue weighted by Crippen LogP contribution is 2.57. The number of nitrogens with zero attached hydrogens (tertiary/aromatic N) is 2. The first-order chi connectivity index (χ1) is 34.3. The van der Waals surface area contributed by atoms with Gasteiger partial charge in [-0.15, -0.1) is 0 Å². The summed E-state index contributed by atoms with van der Waals surface area (Å²) in [4.78, 5) is 4.76. The van der Waals surface area contributed by atoms with Gasteiger partial charge in [0.15, 0.2) is 0 Å². The molecule has 0 unspecified atom stereocenters. The summed E-state index contributed by atoms with van der Waals surface area (Å²) in [5, 5.41) is 5.11. The molecule has 70 heavy (non-hydrogen) atoms. The first-order valence-electron chi connectivity index (χ1n) is 24.6. The molecule has 2 aliphatic carbocycles. The molecule has 0 fully saturated rings. The zero-order valence-electron chi connectivity index (χ0n) is 40.0. The van der Waals surface area contributed by atoms with E-state index in [1.807, 2.05) is 0 Å². The number of fused-ring (bicyclic) bond motifs is 8. The summed E-state index contributed by atoms with van der Waals surface area (Å²) in [6.07, 6.45) is 0. The highest BCUT2D eigenvalue weighted by atomic mass is 15.1. The van der Waals surface area contributed by atoms with Gasteiger partial charge >= 0.3 is 0 Å². The van der Waals surface area contributed by atoms with E-state index in [1.165, 1.54) is 88.3 Å². The Morgan fingerprint density at radius 2 is 0.514 bits per heavy atom. The standard InChI is InChI=1S/C68H52N2/c1-67(2)61-39-51(69(47-27-15-7-16-28-47)48-29-17-8-18-30-48)35-37-53(61)55-41-57-59(43-63(55)67)65(45-23-11-5-12-24-45)58-42-56-54-38-36-52(70(49-31-19-9-20-32-49)50-33-21-10-22-34-50)40-62(54)68(3,4)64(56)44-60(58)66(57)46-25-13-6-14-26-46/h5-44H,1-4H3. The van der Waals surface area contributed by atoms with Gasteiger partial charge in [0.25, 0.3) is 0 Å². The van der Waals surface area contributed by atoms with Crippen LogP contribution in [0.4, 0.5) is 34.1 Å². The Balaban J connectivity index is 1.05. The van der Waals surface area contributed by atoms with Gasteiger partial charge in [-0.3, -0.25) is 0 Å². The van der Waals surface area contributed by atoms with Gasteiger partial charge in [0.05, 0.1) is 0 Å². The second kappa shape index (κ2) is 16.1. The Labute approximate surface area is 411 Å². The predicted molar refractivity (Wildman–Crippen MR) is 297 cm³/mol. The van der Waals surface area contributed by atoms with E-state index in [1.54, 1.807) is 0 Å². The molecule has 0 aliphatic heterocycles. The van der Waals surface area contributed by atoms with Crippen LogP contribution in [0.1, 0.15) is 49.9 Å². The van der Waals surface area contributed by atoms with Crippen LogP contribution in [0.2, 0.25) is 0 Å². The van der Waals surface area contributed by atoms with Gasteiger partial charge < -0.3 is 9.80 Å². The fourth-order valence-corrected chi connectivity index (χ4v) is 12.0. The third kappa shape index (κ3) is 6.47. The smallest absolute Gasteiger partial charge is 0.0465 e. The maximum absolute atomic E-state index is 2.56. The maximum Gasteiger partial charge on any atom is 0.0465 e. The number of anilines is 6. The van der Waals surface area contributed by atoms with Gasteiger partial charge in [-0.1, -0.05) is 173 Å². The molecule has 13 rings (SSSR count). The Morgan fingerprint density at radius 1 is 0.243 bits per heavy atom. The monoisotopic (exact) mass is 896 g/mol. The lowest BCUT2D eigenvalue weighted by Gasteiger charge is -2.28. The van der Waals surface area contributed by atoms with Crippen LogP contribution >= 0.6 is 0 Å². The molecule has 2 heteroatoms. The minimum Gasteiger partial charge on any atom is -0.310 e. The first kappa shape index (κ1) is 41.7. The summed E-state index contributed by atoms with van der Waals surface area (Å²) in [6.45, 7) is 9.67. The Morgan fingerprint density at radius 3 is 0.829 bits per heavy atom. The molecule has 11 aromatic rings. The second-order valence-corrected chi connectivity index (χ2v) is 20.1. The topological polar surface area (TPSA) is 6.48 Å². The third-order valence-electron chi connectivity index (χ3n) is 15.4. The molecule has 11 aromatic carbocycles. The van der Waals surface area contributed by atoms with Crippen LogP contribution in [0, 0.1) is 0 Å². The molecule has 0 heterocycles. The third-order valence-corrected chi connectivity index (χ3v) is 15.4. The number of benzene rings is 11. The highest BCUT2D eigenvalue weighted by molar-refractivity contribution is 6.23. The van der Waals surface area contributed by atoms with Crippen molar-refractivity contribution in [3.8, 4) is 44.5 Å². The van der Waals surface area contributed by atoms with Gasteiger partial charge in [0.1, 0.15) is 0 Å². The summed E-state index contributed by atoms with van der Waals surface area (Å²) < 4.78 is 0. The van der Waals surface area contributed by atoms with E-state index in [0.29, 0.717) is 0 Å². The van der Waals surface area contributed by atoms with Crippen molar-refractivity contribution < 1.29 is 0 Å². The molecule has 0 saturated heterocycles. The number of rotatable bonds is 8. The van der Waals surface area contributed by atoms with Crippen LogP contribution in [0.25, 0.3) is 66.1 Å². The average molecular weight is 897 g/mol. The molecular formula is C68H52N2. The summed E-state index contributed by atoms with van der Waals surface area (Å²) in [6, 6.07) is 89.7. The molecule has 0 N–H and O–H groups in total. The molecule has 0 aromatic heterocycles. The van der Waals surface area contributed by atoms with Crippen molar-refractivity contribution in [3.05, 3.63) is 265 Å². The summed E-state index contributed by atoms with van der Waals surface area (Å²) in [7, 11) is 0. The van der Waals surface area contributed by atoms with Crippen molar-refractivity contribution in [2.75, 3.05) is 9.80 Å². The van der Waals surface area contributed by atoms with Gasteiger partial charge in [0.2, 0.25) is 0 Å². The van der Waals surface area contributed by atoms with Crippen molar-refractivity contribution in [1.29, 1.82) is 0 Å². The first-order valence-corrected chi connectivity index (χ1v) is 24.6. The lowest BCUT2D eigenvalue weighted by Crippen LogP contribution is -2.17. The van der Waals surface area contributed by atoms with Crippen LogP contribution < -0.4 is 9.80 Å². The van der Waals surface area contributed by atoms with Crippen LogP contribution in [-0.4, -0.2) is 0 Å². The minimum absolute atomic E-state index is 0.268. The Bertz CT molecular complexity index is 3450. The maximum atomic E-state index is 2.56. The molecule has 2 aliphatic rings. The van der Waals surface area contributed by atoms with Crippen molar-refractivity contribution in [2.24, 2.45) is 0 Å². The molecule has 334 valence electrons. The fourth-order valence-electron chi connectivity index (χ4n) is 12.0. The molecular weight excluding hydrogens is 845 g/mol. The van der Waals surface area contributed by atoms with Crippen molar-refractivity contribution in [3.63, 3.8) is 0 Å². The van der Waals surface area contributed by atoms with E-state index < -0.39 is 0 Å². The van der Waals surface area contributed by atoms with Gasteiger partial charge in [-0.05, 0) is 185 Å². The van der Waals surface area contributed by atoms with E-state index in [2.05, 4.69) is 280 Å². The van der Waals surface area contributed by atoms with E-state index in [4.69, 9.17) is 0 Å². The van der Waals surface area contributed by atoms with Gasteiger partial charge in [-0.25, -0.2) is 0 Å². The Kier molecular flexibility index (Phi) is 9.58. The van der Waals surface area contributed by atoms with Crippen LogP contribution in [0.15, 0.2) is 243 Å². The van der Waals surface area contributed by atoms with Crippen LogP contribution in [-0.2, 0) is 10.8 Å². The van der Waals surface area contributed by atoms with Crippen molar-refractivity contribution >= 4 is 55.7 Å². The van der Waals surface area contributed by atoms with Crippen LogP contribution in [0.5, 0.6) is 0 Å². The minimum atomic E-state index is -0.268. The predicted octanol–water partition coefficient (Wildman–Crippen LogP) is 18.9. The summed E-state index contributed by atoms with van der Waals surface area (Å²) >= 11 is 0. The van der Waals surface area contributed by atoms with Crippen molar-refractivity contribution in [1.82, 2.24) is 0 Å². The number of hydrogen-bond donors (Lipinski definition) is 0. The molecule has 0 atom stereocenters. The van der Waals surface area contributed by atoms with Crippen LogP contribution in [0.3, 0.4) is 0 Å².